The summed E-state index contributed by atoms with van der Waals surface area (Å²) in [6, 6.07) is 15.9. The number of rotatable bonds is 4. The number of fused-ring (bicyclic) bond motifs is 1. The van der Waals surface area contributed by atoms with E-state index >= 15 is 0 Å². The standard InChI is InChI=1S/C19H23NO/c1-4-18(20-3)15-7-5-14(6-8-15)16-9-10-19-17(12-16)11-13(2)21-19/h5-10,12-13,18,20H,4,11H2,1-3H3. The molecular weight excluding hydrogens is 258 g/mol. The molecule has 1 aliphatic rings. The fraction of sp³-hybridized carbons (Fsp3) is 0.368. The van der Waals surface area contributed by atoms with E-state index in [9.17, 15) is 0 Å². The Hall–Kier alpha value is -1.80. The Morgan fingerprint density at radius 2 is 1.86 bits per heavy atom. The SMILES string of the molecule is CCC(NC)c1ccc(-c2ccc3c(c2)CC(C)O3)cc1. The van der Waals surface area contributed by atoms with Gasteiger partial charge >= 0.3 is 0 Å². The Balaban J connectivity index is 1.86. The molecule has 2 aromatic carbocycles. The quantitative estimate of drug-likeness (QED) is 0.899. The molecule has 1 N–H and O–H groups in total. The van der Waals surface area contributed by atoms with Crippen molar-refractivity contribution in [2.24, 2.45) is 0 Å². The van der Waals surface area contributed by atoms with Crippen molar-refractivity contribution < 1.29 is 4.74 Å². The van der Waals surface area contributed by atoms with Gasteiger partial charge in [-0.2, -0.15) is 0 Å². The van der Waals surface area contributed by atoms with E-state index in [0.717, 1.165) is 18.6 Å². The minimum absolute atomic E-state index is 0.304. The van der Waals surface area contributed by atoms with E-state index in [4.69, 9.17) is 4.74 Å². The molecule has 2 nitrogen and oxygen atoms in total. The summed E-state index contributed by atoms with van der Waals surface area (Å²) in [6.45, 7) is 4.33. The first kappa shape index (κ1) is 14.2. The van der Waals surface area contributed by atoms with Gasteiger partial charge in [0, 0.05) is 12.5 Å². The van der Waals surface area contributed by atoms with Gasteiger partial charge in [-0.3, -0.25) is 0 Å². The van der Waals surface area contributed by atoms with Crippen molar-refractivity contribution in [3.05, 3.63) is 53.6 Å². The van der Waals surface area contributed by atoms with Gasteiger partial charge in [0.1, 0.15) is 11.9 Å². The highest BCUT2D eigenvalue weighted by atomic mass is 16.5. The first-order chi connectivity index (χ1) is 10.2. The van der Waals surface area contributed by atoms with Crippen LogP contribution in [0.2, 0.25) is 0 Å². The molecular formula is C19H23NO. The second-order valence-corrected chi connectivity index (χ2v) is 5.83. The van der Waals surface area contributed by atoms with Crippen LogP contribution in [-0.4, -0.2) is 13.2 Å². The van der Waals surface area contributed by atoms with Crippen LogP contribution in [0.4, 0.5) is 0 Å². The van der Waals surface area contributed by atoms with Crippen molar-refractivity contribution in [2.45, 2.75) is 38.8 Å². The van der Waals surface area contributed by atoms with Crippen molar-refractivity contribution in [1.29, 1.82) is 0 Å². The van der Waals surface area contributed by atoms with Gasteiger partial charge < -0.3 is 10.1 Å². The molecule has 2 unspecified atom stereocenters. The number of benzene rings is 2. The lowest BCUT2D eigenvalue weighted by molar-refractivity contribution is 0.254. The molecule has 2 aromatic rings. The molecule has 0 spiro atoms. The van der Waals surface area contributed by atoms with Crippen LogP contribution in [0.15, 0.2) is 42.5 Å². The minimum atomic E-state index is 0.304. The fourth-order valence-electron chi connectivity index (χ4n) is 3.12. The summed E-state index contributed by atoms with van der Waals surface area (Å²) in [7, 11) is 2.02. The first-order valence-electron chi connectivity index (χ1n) is 7.78. The molecule has 0 bridgehead atoms. The maximum absolute atomic E-state index is 5.77. The third kappa shape index (κ3) is 2.81. The summed E-state index contributed by atoms with van der Waals surface area (Å²) in [5, 5.41) is 3.35. The molecule has 1 heterocycles. The predicted octanol–water partition coefficient (Wildman–Crippen LogP) is 4.35. The normalized spacial score (nSPS) is 18.1. The van der Waals surface area contributed by atoms with Crippen molar-refractivity contribution in [3.63, 3.8) is 0 Å². The third-order valence-electron chi connectivity index (χ3n) is 4.30. The van der Waals surface area contributed by atoms with Gasteiger partial charge in [-0.05, 0) is 54.8 Å². The monoisotopic (exact) mass is 281 g/mol. The van der Waals surface area contributed by atoms with Crippen LogP contribution in [0.3, 0.4) is 0 Å². The van der Waals surface area contributed by atoms with Crippen molar-refractivity contribution in [1.82, 2.24) is 5.32 Å². The van der Waals surface area contributed by atoms with Gasteiger partial charge in [-0.1, -0.05) is 37.3 Å². The van der Waals surface area contributed by atoms with Crippen molar-refractivity contribution in [2.75, 3.05) is 7.05 Å². The number of hydrogen-bond acceptors (Lipinski definition) is 2. The van der Waals surface area contributed by atoms with Crippen LogP contribution in [0.1, 0.15) is 37.4 Å². The highest BCUT2D eigenvalue weighted by molar-refractivity contribution is 5.66. The molecule has 2 heteroatoms. The molecule has 0 fully saturated rings. The Morgan fingerprint density at radius 3 is 2.52 bits per heavy atom. The smallest absolute Gasteiger partial charge is 0.123 e. The predicted molar refractivity (Wildman–Crippen MR) is 87.8 cm³/mol. The van der Waals surface area contributed by atoms with Crippen LogP contribution in [0.5, 0.6) is 5.75 Å². The van der Waals surface area contributed by atoms with E-state index in [-0.39, 0.29) is 0 Å². The highest BCUT2D eigenvalue weighted by Gasteiger charge is 2.19. The van der Waals surface area contributed by atoms with Crippen LogP contribution >= 0.6 is 0 Å². The fourth-order valence-corrected chi connectivity index (χ4v) is 3.12. The Labute approximate surface area is 127 Å². The van der Waals surface area contributed by atoms with Gasteiger partial charge in [-0.25, -0.2) is 0 Å². The zero-order valence-electron chi connectivity index (χ0n) is 13.0. The van der Waals surface area contributed by atoms with E-state index < -0.39 is 0 Å². The van der Waals surface area contributed by atoms with Gasteiger partial charge in [0.25, 0.3) is 0 Å². The Kier molecular flexibility index (Phi) is 3.98. The van der Waals surface area contributed by atoms with Crippen LogP contribution in [-0.2, 0) is 6.42 Å². The topological polar surface area (TPSA) is 21.3 Å². The van der Waals surface area contributed by atoms with Crippen molar-refractivity contribution >= 4 is 0 Å². The molecule has 2 atom stereocenters. The first-order valence-corrected chi connectivity index (χ1v) is 7.78. The molecule has 21 heavy (non-hydrogen) atoms. The summed E-state index contributed by atoms with van der Waals surface area (Å²) in [5.41, 5.74) is 5.22. The molecule has 0 saturated heterocycles. The highest BCUT2D eigenvalue weighted by Crippen LogP contribution is 2.33. The molecule has 0 aliphatic carbocycles. The largest absolute Gasteiger partial charge is 0.490 e. The van der Waals surface area contributed by atoms with E-state index in [1.54, 1.807) is 0 Å². The lowest BCUT2D eigenvalue weighted by Gasteiger charge is -2.14. The summed E-state index contributed by atoms with van der Waals surface area (Å²) >= 11 is 0. The van der Waals surface area contributed by atoms with Crippen molar-refractivity contribution in [3.8, 4) is 16.9 Å². The molecule has 1 aliphatic heterocycles. The molecule has 0 radical (unpaired) electrons. The van der Waals surface area contributed by atoms with Gasteiger partial charge in [0.2, 0.25) is 0 Å². The van der Waals surface area contributed by atoms with E-state index in [2.05, 4.69) is 61.6 Å². The van der Waals surface area contributed by atoms with Crippen LogP contribution in [0.25, 0.3) is 11.1 Å². The maximum atomic E-state index is 5.77. The molecule has 110 valence electrons. The second kappa shape index (κ2) is 5.90. The molecule has 0 amide bonds. The van der Waals surface area contributed by atoms with E-state index in [1.165, 1.54) is 22.3 Å². The average Bonchev–Trinajstić information content (AvgIpc) is 2.88. The summed E-state index contributed by atoms with van der Waals surface area (Å²) in [5.74, 6) is 1.05. The summed E-state index contributed by atoms with van der Waals surface area (Å²) < 4.78 is 5.77. The van der Waals surface area contributed by atoms with Gasteiger partial charge in [-0.15, -0.1) is 0 Å². The molecule has 0 aromatic heterocycles. The maximum Gasteiger partial charge on any atom is 0.123 e. The molecule has 3 rings (SSSR count). The number of hydrogen-bond donors (Lipinski definition) is 1. The van der Waals surface area contributed by atoms with Gasteiger partial charge in [0.15, 0.2) is 0 Å². The van der Waals surface area contributed by atoms with E-state index in [1.807, 2.05) is 7.05 Å². The lowest BCUT2D eigenvalue weighted by Crippen LogP contribution is -2.14. The molecule has 0 saturated carbocycles. The zero-order valence-corrected chi connectivity index (χ0v) is 13.0. The number of ether oxygens (including phenoxy) is 1. The average molecular weight is 281 g/mol. The zero-order chi connectivity index (χ0) is 14.8. The Bertz CT molecular complexity index is 614. The summed E-state index contributed by atoms with van der Waals surface area (Å²) in [4.78, 5) is 0. The minimum Gasteiger partial charge on any atom is -0.490 e. The Morgan fingerprint density at radius 1 is 1.14 bits per heavy atom. The van der Waals surface area contributed by atoms with Gasteiger partial charge in [0.05, 0.1) is 0 Å². The number of nitrogens with one attached hydrogen (secondary N) is 1. The van der Waals surface area contributed by atoms with Crippen LogP contribution in [0, 0.1) is 0 Å². The summed E-state index contributed by atoms with van der Waals surface area (Å²) in [6.07, 6.45) is 2.42. The van der Waals surface area contributed by atoms with E-state index in [0.29, 0.717) is 12.1 Å². The third-order valence-corrected chi connectivity index (χ3v) is 4.30. The van der Waals surface area contributed by atoms with Crippen LogP contribution < -0.4 is 10.1 Å². The second-order valence-electron chi connectivity index (χ2n) is 5.83. The lowest BCUT2D eigenvalue weighted by atomic mass is 9.98.